The van der Waals surface area contributed by atoms with Crippen LogP contribution in [0, 0.1) is 5.92 Å². The van der Waals surface area contributed by atoms with Gasteiger partial charge in [0.1, 0.15) is 0 Å². The minimum absolute atomic E-state index is 0. The number of amides is 1. The van der Waals surface area contributed by atoms with Crippen molar-refractivity contribution in [3.05, 3.63) is 0 Å². The van der Waals surface area contributed by atoms with Gasteiger partial charge in [0.15, 0.2) is 0 Å². The van der Waals surface area contributed by atoms with Crippen molar-refractivity contribution in [2.75, 3.05) is 46.3 Å². The number of halogens is 1. The van der Waals surface area contributed by atoms with E-state index < -0.39 is 0 Å². The van der Waals surface area contributed by atoms with Gasteiger partial charge in [0.2, 0.25) is 5.91 Å². The SMILES string of the molecule is CN(CCC1CCCC1)CC(=O)N1CCNCC1.Cl. The smallest absolute Gasteiger partial charge is 0.236 e. The molecule has 4 nitrogen and oxygen atoms in total. The van der Waals surface area contributed by atoms with Crippen LogP contribution >= 0.6 is 12.4 Å². The summed E-state index contributed by atoms with van der Waals surface area (Å²) >= 11 is 0. The van der Waals surface area contributed by atoms with E-state index in [1.807, 2.05) is 4.90 Å². The fraction of sp³-hybridized carbons (Fsp3) is 0.929. The lowest BCUT2D eigenvalue weighted by molar-refractivity contribution is -0.132. The zero-order valence-corrected chi connectivity index (χ0v) is 12.9. The molecule has 1 N–H and O–H groups in total. The summed E-state index contributed by atoms with van der Waals surface area (Å²) in [7, 11) is 2.08. The van der Waals surface area contributed by atoms with Crippen molar-refractivity contribution in [3.8, 4) is 0 Å². The third kappa shape index (κ3) is 5.67. The van der Waals surface area contributed by atoms with E-state index in [4.69, 9.17) is 0 Å². The van der Waals surface area contributed by atoms with Crippen LogP contribution in [0.15, 0.2) is 0 Å². The molecule has 0 unspecified atom stereocenters. The zero-order valence-electron chi connectivity index (χ0n) is 12.1. The summed E-state index contributed by atoms with van der Waals surface area (Å²) in [5, 5.41) is 3.28. The third-order valence-corrected chi connectivity index (χ3v) is 4.27. The van der Waals surface area contributed by atoms with Gasteiger partial charge < -0.3 is 10.2 Å². The predicted molar refractivity (Wildman–Crippen MR) is 80.8 cm³/mol. The van der Waals surface area contributed by atoms with Gasteiger partial charge in [-0.2, -0.15) is 0 Å². The second-order valence-electron chi connectivity index (χ2n) is 5.81. The summed E-state index contributed by atoms with van der Waals surface area (Å²) in [6.45, 7) is 5.29. The van der Waals surface area contributed by atoms with Crippen molar-refractivity contribution in [2.24, 2.45) is 5.92 Å². The molecular formula is C14H28ClN3O. The molecule has 0 atom stereocenters. The Balaban J connectivity index is 0.00000180. The first kappa shape index (κ1) is 16.7. The van der Waals surface area contributed by atoms with E-state index in [9.17, 15) is 4.79 Å². The fourth-order valence-corrected chi connectivity index (χ4v) is 3.03. The van der Waals surface area contributed by atoms with Crippen LogP contribution < -0.4 is 5.32 Å². The van der Waals surface area contributed by atoms with E-state index in [1.54, 1.807) is 0 Å². The molecule has 2 aliphatic rings. The highest BCUT2D eigenvalue weighted by Gasteiger charge is 2.19. The Kier molecular flexibility index (Phi) is 7.73. The molecule has 0 bridgehead atoms. The molecule has 1 aliphatic heterocycles. The maximum absolute atomic E-state index is 12.1. The first-order chi connectivity index (χ1) is 8.75. The van der Waals surface area contributed by atoms with Crippen LogP contribution in [0.4, 0.5) is 0 Å². The van der Waals surface area contributed by atoms with E-state index >= 15 is 0 Å². The highest BCUT2D eigenvalue weighted by molar-refractivity contribution is 5.85. The molecule has 2 fully saturated rings. The standard InChI is InChI=1S/C14H27N3O.ClH/c1-16(9-6-13-4-2-3-5-13)12-14(18)17-10-7-15-8-11-17;/h13,15H,2-12H2,1H3;1H. The van der Waals surface area contributed by atoms with Crippen molar-refractivity contribution < 1.29 is 4.79 Å². The van der Waals surface area contributed by atoms with Crippen molar-refractivity contribution in [3.63, 3.8) is 0 Å². The second-order valence-corrected chi connectivity index (χ2v) is 5.81. The van der Waals surface area contributed by atoms with Crippen molar-refractivity contribution in [2.45, 2.75) is 32.1 Å². The highest BCUT2D eigenvalue weighted by atomic mass is 35.5. The van der Waals surface area contributed by atoms with Gasteiger partial charge >= 0.3 is 0 Å². The van der Waals surface area contributed by atoms with Crippen LogP contribution in [-0.4, -0.2) is 62.0 Å². The van der Waals surface area contributed by atoms with Gasteiger partial charge in [0.05, 0.1) is 6.54 Å². The van der Waals surface area contributed by atoms with Crippen LogP contribution in [0.3, 0.4) is 0 Å². The molecule has 1 amide bonds. The van der Waals surface area contributed by atoms with Gasteiger partial charge in [-0.3, -0.25) is 9.69 Å². The third-order valence-electron chi connectivity index (χ3n) is 4.27. The first-order valence-electron chi connectivity index (χ1n) is 7.43. The average molecular weight is 290 g/mol. The zero-order chi connectivity index (χ0) is 12.8. The van der Waals surface area contributed by atoms with Crippen molar-refractivity contribution >= 4 is 18.3 Å². The topological polar surface area (TPSA) is 35.6 Å². The number of nitrogens with zero attached hydrogens (tertiary/aromatic N) is 2. The van der Waals surface area contributed by atoms with Crippen LogP contribution in [0.25, 0.3) is 0 Å². The van der Waals surface area contributed by atoms with Crippen LogP contribution in [0.1, 0.15) is 32.1 Å². The molecule has 112 valence electrons. The Hall–Kier alpha value is -0.320. The van der Waals surface area contributed by atoms with E-state index in [0.29, 0.717) is 12.5 Å². The Morgan fingerprint density at radius 1 is 1.26 bits per heavy atom. The Labute approximate surface area is 123 Å². The molecule has 0 aromatic carbocycles. The van der Waals surface area contributed by atoms with E-state index in [-0.39, 0.29) is 12.4 Å². The molecule has 0 radical (unpaired) electrons. The Morgan fingerprint density at radius 3 is 2.53 bits per heavy atom. The fourth-order valence-electron chi connectivity index (χ4n) is 3.03. The summed E-state index contributed by atoms with van der Waals surface area (Å²) in [6.07, 6.45) is 6.90. The molecule has 1 saturated heterocycles. The summed E-state index contributed by atoms with van der Waals surface area (Å²) in [5.74, 6) is 1.21. The van der Waals surface area contributed by atoms with Gasteiger partial charge in [-0.05, 0) is 25.9 Å². The molecule has 0 aromatic heterocycles. The van der Waals surface area contributed by atoms with E-state index in [1.165, 1.54) is 32.1 Å². The maximum Gasteiger partial charge on any atom is 0.236 e. The van der Waals surface area contributed by atoms with Gasteiger partial charge in [-0.25, -0.2) is 0 Å². The monoisotopic (exact) mass is 289 g/mol. The van der Waals surface area contributed by atoms with E-state index in [2.05, 4.69) is 17.3 Å². The number of piperazine rings is 1. The predicted octanol–water partition coefficient (Wildman–Crippen LogP) is 1.35. The summed E-state index contributed by atoms with van der Waals surface area (Å²) in [5.41, 5.74) is 0. The second kappa shape index (κ2) is 8.77. The molecular weight excluding hydrogens is 262 g/mol. The Bertz CT molecular complexity index is 263. The molecule has 5 heteroatoms. The summed E-state index contributed by atoms with van der Waals surface area (Å²) in [6, 6.07) is 0. The van der Waals surface area contributed by atoms with Gasteiger partial charge in [0.25, 0.3) is 0 Å². The normalized spacial score (nSPS) is 20.6. The maximum atomic E-state index is 12.1. The summed E-state index contributed by atoms with van der Waals surface area (Å²) in [4.78, 5) is 16.2. The minimum atomic E-state index is 0. The van der Waals surface area contributed by atoms with Gasteiger partial charge in [0, 0.05) is 26.2 Å². The van der Waals surface area contributed by atoms with Gasteiger partial charge in [-0.15, -0.1) is 12.4 Å². The number of nitrogens with one attached hydrogen (secondary N) is 1. The largest absolute Gasteiger partial charge is 0.339 e. The molecule has 0 aromatic rings. The van der Waals surface area contributed by atoms with Crippen LogP contribution in [-0.2, 0) is 4.79 Å². The lowest BCUT2D eigenvalue weighted by Gasteiger charge is -2.29. The molecule has 2 rings (SSSR count). The number of rotatable bonds is 5. The van der Waals surface area contributed by atoms with Crippen molar-refractivity contribution in [1.82, 2.24) is 15.1 Å². The molecule has 1 heterocycles. The van der Waals surface area contributed by atoms with Gasteiger partial charge in [-0.1, -0.05) is 25.7 Å². The molecule has 1 aliphatic carbocycles. The first-order valence-corrected chi connectivity index (χ1v) is 7.43. The lowest BCUT2D eigenvalue weighted by Crippen LogP contribution is -2.49. The number of hydrogen-bond acceptors (Lipinski definition) is 3. The van der Waals surface area contributed by atoms with Crippen LogP contribution in [0.2, 0.25) is 0 Å². The number of carbonyl (C=O) groups is 1. The quantitative estimate of drug-likeness (QED) is 0.830. The van der Waals surface area contributed by atoms with Crippen LogP contribution in [0.5, 0.6) is 0 Å². The van der Waals surface area contributed by atoms with E-state index in [0.717, 1.165) is 38.6 Å². The molecule has 19 heavy (non-hydrogen) atoms. The summed E-state index contributed by atoms with van der Waals surface area (Å²) < 4.78 is 0. The number of carbonyl (C=O) groups excluding carboxylic acids is 1. The average Bonchev–Trinajstić information content (AvgIpc) is 2.90. The highest BCUT2D eigenvalue weighted by Crippen LogP contribution is 2.27. The Morgan fingerprint density at radius 2 is 1.89 bits per heavy atom. The van der Waals surface area contributed by atoms with Crippen molar-refractivity contribution in [1.29, 1.82) is 0 Å². The minimum Gasteiger partial charge on any atom is -0.339 e. The molecule has 0 spiro atoms. The molecule has 1 saturated carbocycles. The lowest BCUT2D eigenvalue weighted by atomic mass is 10.0. The number of hydrogen-bond donors (Lipinski definition) is 1. The number of likely N-dealkylation sites (N-methyl/N-ethyl adjacent to an activating group) is 1.